The van der Waals surface area contributed by atoms with Gasteiger partial charge in [-0.2, -0.15) is 8.42 Å². The third-order valence-electron chi connectivity index (χ3n) is 13.1. The highest BCUT2D eigenvalue weighted by Gasteiger charge is 2.46. The van der Waals surface area contributed by atoms with Gasteiger partial charge in [0.05, 0.1) is 6.61 Å². The van der Waals surface area contributed by atoms with Crippen LogP contribution in [0.4, 0.5) is 0 Å². The Kier molecular flexibility index (Phi) is 42.0. The average Bonchev–Trinajstić information content (AvgIpc) is 3.30. The van der Waals surface area contributed by atoms with Crippen molar-refractivity contribution in [2.24, 2.45) is 0 Å². The number of hydrogen-bond donors (Lipinski definition) is 4. The molecule has 0 spiro atoms. The molecule has 396 valence electrons. The van der Waals surface area contributed by atoms with Gasteiger partial charge in [-0.25, -0.2) is 0 Å². The molecule has 2 unspecified atom stereocenters. The van der Waals surface area contributed by atoms with Crippen LogP contribution in [-0.2, 0) is 38.7 Å². The number of carbonyl (C=O) groups excluding carboxylic acids is 2. The van der Waals surface area contributed by atoms with Crippen LogP contribution in [0, 0.1) is 0 Å². The molecule has 1 aliphatic rings. The predicted octanol–water partition coefficient (Wildman–Crippen LogP) is 13.0. The number of aliphatic hydroxyl groups excluding tert-OH is 3. The van der Waals surface area contributed by atoms with E-state index in [9.17, 15) is 37.9 Å². The summed E-state index contributed by atoms with van der Waals surface area (Å²) in [6.07, 6.45) is 41.1. The molecule has 12 nitrogen and oxygen atoms in total. The fraction of sp³-hybridized carbons (Fsp3) is 0.926. The Hall–Kier alpha value is -1.61. The number of aliphatic hydroxyl groups is 3. The summed E-state index contributed by atoms with van der Waals surface area (Å²) < 4.78 is 54.3. The van der Waals surface area contributed by atoms with Crippen LogP contribution in [0.15, 0.2) is 12.2 Å². The maximum Gasteiger partial charge on any atom is 0.306 e. The van der Waals surface area contributed by atoms with Gasteiger partial charge in [0.2, 0.25) is 0 Å². The molecule has 0 bridgehead atoms. The fourth-order valence-electron chi connectivity index (χ4n) is 8.79. The lowest BCUT2D eigenvalue weighted by Crippen LogP contribution is -2.60. The van der Waals surface area contributed by atoms with Gasteiger partial charge in [0, 0.05) is 12.8 Å². The molecular weight excluding hydrogens is 873 g/mol. The SMILES string of the molecule is CCCCCCCC/C=C/CCCCCCCCCCCCCC(=O)O[C@H](COC(=O)CCCCCCCCCCCCCCCCCCCC)CO[C@H]1O[C@H](CS(=O)(=O)O)[C@@H](O)C(O)C1O. The lowest BCUT2D eigenvalue weighted by atomic mass is 10.00. The minimum Gasteiger partial charge on any atom is -0.462 e. The number of hydrogen-bond acceptors (Lipinski definition) is 11. The molecule has 1 saturated heterocycles. The number of carbonyl (C=O) groups is 2. The van der Waals surface area contributed by atoms with Crippen molar-refractivity contribution >= 4 is 22.1 Å². The van der Waals surface area contributed by atoms with Crippen molar-refractivity contribution in [1.29, 1.82) is 0 Å². The molecule has 0 aromatic rings. The predicted molar refractivity (Wildman–Crippen MR) is 270 cm³/mol. The molecule has 1 aliphatic heterocycles. The number of allylic oxidation sites excluding steroid dienone is 2. The van der Waals surface area contributed by atoms with E-state index >= 15 is 0 Å². The molecule has 0 aliphatic carbocycles. The van der Waals surface area contributed by atoms with Crippen LogP contribution in [-0.4, -0.2) is 96.0 Å². The zero-order valence-corrected chi connectivity index (χ0v) is 43.6. The molecule has 67 heavy (non-hydrogen) atoms. The van der Waals surface area contributed by atoms with Crippen LogP contribution in [0.3, 0.4) is 0 Å². The first kappa shape index (κ1) is 63.4. The van der Waals surface area contributed by atoms with E-state index in [2.05, 4.69) is 26.0 Å². The van der Waals surface area contributed by atoms with E-state index in [1.54, 1.807) is 0 Å². The lowest BCUT2D eigenvalue weighted by Gasteiger charge is -2.40. The van der Waals surface area contributed by atoms with E-state index < -0.39 is 71.2 Å². The van der Waals surface area contributed by atoms with E-state index in [1.165, 1.54) is 186 Å². The topological polar surface area (TPSA) is 186 Å². The highest BCUT2D eigenvalue weighted by Crippen LogP contribution is 2.24. The van der Waals surface area contributed by atoms with Crippen molar-refractivity contribution in [1.82, 2.24) is 0 Å². The molecule has 0 amide bonds. The minimum absolute atomic E-state index is 0.169. The zero-order valence-electron chi connectivity index (χ0n) is 42.8. The van der Waals surface area contributed by atoms with Gasteiger partial charge in [-0.05, 0) is 38.5 Å². The van der Waals surface area contributed by atoms with Gasteiger partial charge in [-0.3, -0.25) is 14.1 Å². The zero-order chi connectivity index (χ0) is 49.1. The van der Waals surface area contributed by atoms with Crippen LogP contribution < -0.4 is 0 Å². The minimum atomic E-state index is -4.60. The summed E-state index contributed by atoms with van der Waals surface area (Å²) in [7, 11) is -4.60. The third-order valence-corrected chi connectivity index (χ3v) is 13.8. The van der Waals surface area contributed by atoms with E-state index in [-0.39, 0.29) is 19.4 Å². The number of rotatable bonds is 48. The van der Waals surface area contributed by atoms with Gasteiger partial charge < -0.3 is 34.3 Å². The smallest absolute Gasteiger partial charge is 0.306 e. The van der Waals surface area contributed by atoms with E-state index in [0.717, 1.165) is 38.5 Å². The highest BCUT2D eigenvalue weighted by molar-refractivity contribution is 7.85. The summed E-state index contributed by atoms with van der Waals surface area (Å²) >= 11 is 0. The molecule has 1 heterocycles. The van der Waals surface area contributed by atoms with Crippen LogP contribution >= 0.6 is 0 Å². The Labute approximate surface area is 409 Å². The van der Waals surface area contributed by atoms with Gasteiger partial charge in [-0.15, -0.1) is 0 Å². The first-order valence-electron chi connectivity index (χ1n) is 27.7. The molecule has 0 radical (unpaired) electrons. The van der Waals surface area contributed by atoms with Crippen LogP contribution in [0.5, 0.6) is 0 Å². The van der Waals surface area contributed by atoms with Crippen molar-refractivity contribution in [2.45, 2.75) is 301 Å². The first-order chi connectivity index (χ1) is 32.5. The summed E-state index contributed by atoms with van der Waals surface area (Å²) in [6, 6.07) is 0. The molecule has 0 aromatic carbocycles. The molecule has 0 saturated carbocycles. The summed E-state index contributed by atoms with van der Waals surface area (Å²) in [6.45, 7) is 3.81. The Bertz CT molecular complexity index is 1280. The second-order valence-corrected chi connectivity index (χ2v) is 21.1. The van der Waals surface area contributed by atoms with E-state index in [4.69, 9.17) is 18.9 Å². The summed E-state index contributed by atoms with van der Waals surface area (Å²) in [5.41, 5.74) is 0. The quantitative estimate of drug-likeness (QED) is 0.0196. The number of unbranched alkanes of at least 4 members (excludes halogenated alkanes) is 34. The highest BCUT2D eigenvalue weighted by atomic mass is 32.2. The standard InChI is InChI=1S/C54H102O12S/c1-3-5-7-9-11-13-15-17-19-21-23-24-25-27-29-31-33-35-37-39-41-43-50(56)65-47(45-64-54-53(59)52(58)51(57)48(66-54)46-67(60,61)62)44-63-49(55)42-40-38-36-34-32-30-28-26-22-20-18-16-14-12-10-8-6-4-2/h17,19,47-48,51-54,57-59H,3-16,18,20-46H2,1-2H3,(H,60,61,62)/b19-17+/t47-,48-,51-,52?,53?,54+/m1/s1. The molecule has 1 fully saturated rings. The monoisotopic (exact) mass is 975 g/mol. The fourth-order valence-corrected chi connectivity index (χ4v) is 9.48. The molecule has 13 heteroatoms. The van der Waals surface area contributed by atoms with Crippen LogP contribution in [0.25, 0.3) is 0 Å². The van der Waals surface area contributed by atoms with E-state index in [1.807, 2.05) is 0 Å². The molecule has 0 aromatic heterocycles. The third kappa shape index (κ3) is 38.8. The lowest BCUT2D eigenvalue weighted by molar-refractivity contribution is -0.297. The van der Waals surface area contributed by atoms with Gasteiger partial charge in [0.25, 0.3) is 10.1 Å². The van der Waals surface area contributed by atoms with Gasteiger partial charge in [0.1, 0.15) is 36.8 Å². The second-order valence-electron chi connectivity index (χ2n) is 19.6. The van der Waals surface area contributed by atoms with Crippen molar-refractivity contribution in [2.75, 3.05) is 19.0 Å². The molecule has 6 atom stereocenters. The largest absolute Gasteiger partial charge is 0.462 e. The Morgan fingerprint density at radius 1 is 0.493 bits per heavy atom. The first-order valence-corrected chi connectivity index (χ1v) is 29.4. The number of ether oxygens (including phenoxy) is 4. The number of esters is 2. The van der Waals surface area contributed by atoms with Crippen molar-refractivity contribution in [3.63, 3.8) is 0 Å². The Balaban J connectivity index is 2.32. The van der Waals surface area contributed by atoms with Crippen molar-refractivity contribution in [3.05, 3.63) is 12.2 Å². The van der Waals surface area contributed by atoms with Crippen LogP contribution in [0.1, 0.15) is 264 Å². The molecular formula is C54H102O12S. The normalized spacial score (nSPS) is 19.3. The average molecular weight is 975 g/mol. The van der Waals surface area contributed by atoms with Gasteiger partial charge in [0.15, 0.2) is 12.4 Å². The second kappa shape index (κ2) is 44.3. The molecule has 1 rings (SSSR count). The summed E-state index contributed by atoms with van der Waals surface area (Å²) in [5, 5.41) is 31.0. The van der Waals surface area contributed by atoms with Crippen LogP contribution in [0.2, 0.25) is 0 Å². The Morgan fingerprint density at radius 2 is 0.851 bits per heavy atom. The van der Waals surface area contributed by atoms with Gasteiger partial charge >= 0.3 is 11.9 Å². The van der Waals surface area contributed by atoms with Crippen molar-refractivity contribution < 1.29 is 56.8 Å². The maximum absolute atomic E-state index is 12.9. The maximum atomic E-state index is 12.9. The van der Waals surface area contributed by atoms with Gasteiger partial charge in [-0.1, -0.05) is 225 Å². The summed E-state index contributed by atoms with van der Waals surface area (Å²) in [5.74, 6) is -1.96. The summed E-state index contributed by atoms with van der Waals surface area (Å²) in [4.78, 5) is 25.6. The van der Waals surface area contributed by atoms with Crippen molar-refractivity contribution in [3.8, 4) is 0 Å². The Morgan fingerprint density at radius 3 is 1.24 bits per heavy atom. The molecule has 4 N–H and O–H groups in total. The van der Waals surface area contributed by atoms with E-state index in [0.29, 0.717) is 12.8 Å².